The van der Waals surface area contributed by atoms with Gasteiger partial charge < -0.3 is 0 Å². The van der Waals surface area contributed by atoms with Gasteiger partial charge in [0.25, 0.3) is 0 Å². The summed E-state index contributed by atoms with van der Waals surface area (Å²) in [6.45, 7) is 4.41. The molecule has 0 saturated heterocycles. The van der Waals surface area contributed by atoms with Crippen molar-refractivity contribution < 1.29 is 29.6 Å². The molecule has 0 radical (unpaired) electrons. The molecule has 0 bridgehead atoms. The second kappa shape index (κ2) is 4.44. The first-order chi connectivity index (χ1) is 7.29. The zero-order chi connectivity index (χ0) is 13.8. The number of hydrogen-bond acceptors (Lipinski definition) is 0. The van der Waals surface area contributed by atoms with Gasteiger partial charge in [0.15, 0.2) is 0 Å². The van der Waals surface area contributed by atoms with Gasteiger partial charge in [0.05, 0.1) is 0 Å². The van der Waals surface area contributed by atoms with E-state index in [4.69, 9.17) is 4.42 Å². The maximum atomic E-state index is 9.87. The summed E-state index contributed by atoms with van der Waals surface area (Å²) in [6, 6.07) is 4.04. The molecule has 0 aliphatic heterocycles. The molecule has 17 heavy (non-hydrogen) atoms. The van der Waals surface area contributed by atoms with Gasteiger partial charge >= 0.3 is 45.5 Å². The third-order valence-electron chi connectivity index (χ3n) is 1.86. The van der Waals surface area contributed by atoms with Gasteiger partial charge in [0.1, 0.15) is 0 Å². The molecule has 1 heterocycles. The molecule has 1 atom stereocenters. The van der Waals surface area contributed by atoms with E-state index in [1.165, 1.54) is 12.0 Å². The van der Waals surface area contributed by atoms with Crippen LogP contribution in [0.2, 0.25) is 0 Å². The van der Waals surface area contributed by atoms with Crippen LogP contribution in [0, 0.1) is 0 Å². The zero-order valence-electron chi connectivity index (χ0n) is 9.22. The van der Waals surface area contributed by atoms with Crippen molar-refractivity contribution in [1.29, 1.82) is 0 Å². The van der Waals surface area contributed by atoms with Gasteiger partial charge in [-0.15, -0.1) is 0 Å². The van der Waals surface area contributed by atoms with Crippen molar-refractivity contribution in [2.24, 2.45) is 0 Å². The Kier molecular flexibility index (Phi) is 4.22. The molecule has 0 amide bonds. The Hall–Kier alpha value is -0.840. The molecule has 1 nitrogen and oxygen atoms in total. The molecular weight excluding hydrogens is 269 g/mol. The van der Waals surface area contributed by atoms with Gasteiger partial charge in [-0.1, -0.05) is 13.8 Å². The van der Waals surface area contributed by atoms with Gasteiger partial charge in [-0.3, -0.25) is 0 Å². The summed E-state index contributed by atoms with van der Waals surface area (Å²) in [5.41, 5.74) is 1.36. The molecule has 0 aliphatic rings. The number of hydrogen-bond donors (Lipinski definition) is 0. The summed E-state index contributed by atoms with van der Waals surface area (Å²) < 4.78 is 64.1. The molecule has 1 rings (SSSR count). The average molecular weight is 282 g/mol. The van der Waals surface area contributed by atoms with Crippen molar-refractivity contribution in [1.82, 2.24) is 0 Å². The minimum atomic E-state index is -10.7. The van der Waals surface area contributed by atoms with E-state index in [9.17, 15) is 25.2 Å². The van der Waals surface area contributed by atoms with Crippen LogP contribution in [0.15, 0.2) is 29.1 Å². The Morgan fingerprint density at radius 2 is 1.41 bits per heavy atom. The van der Waals surface area contributed by atoms with Crippen LogP contribution in [0.1, 0.15) is 31.7 Å². The van der Waals surface area contributed by atoms with E-state index in [1.807, 2.05) is 12.1 Å². The molecule has 0 aliphatic carbocycles. The molecule has 8 heteroatoms. The van der Waals surface area contributed by atoms with Crippen LogP contribution in [-0.2, 0) is 0 Å². The summed E-state index contributed by atoms with van der Waals surface area (Å²) in [5.74, 6) is 0.649. The molecule has 102 valence electrons. The Bertz CT molecular complexity index is 334. The summed E-state index contributed by atoms with van der Waals surface area (Å²) in [5, 5.41) is 0. The minimum absolute atomic E-state index is 0.649. The molecule has 0 N–H and O–H groups in total. The first-order valence-electron chi connectivity index (χ1n) is 4.71. The molecule has 1 unspecified atom stereocenters. The van der Waals surface area contributed by atoms with E-state index < -0.39 is 7.81 Å². The maximum absolute atomic E-state index is 10.7. The van der Waals surface area contributed by atoms with Gasteiger partial charge in [0, 0.05) is 12.1 Å². The van der Waals surface area contributed by atoms with E-state index in [1.54, 1.807) is 12.5 Å². The fourth-order valence-corrected chi connectivity index (χ4v) is 0.901. The normalized spacial score (nSPS) is 17.2. The van der Waals surface area contributed by atoms with E-state index >= 15 is 0 Å². The van der Waals surface area contributed by atoms with Crippen LogP contribution in [0.5, 0.6) is 0 Å². The van der Waals surface area contributed by atoms with E-state index in [-0.39, 0.29) is 0 Å². The third kappa shape index (κ3) is 15.2. The summed E-state index contributed by atoms with van der Waals surface area (Å²) >= 11 is 0. The van der Waals surface area contributed by atoms with E-state index in [0.29, 0.717) is 5.92 Å². The summed E-state index contributed by atoms with van der Waals surface area (Å²) in [4.78, 5) is 0. The molecular formula is C9H13F6OP. The SMILES string of the molecule is CCC(C)c1cc[o+]cc1.F[P-](F)(F)(F)(F)F. The molecule has 0 fully saturated rings. The van der Waals surface area contributed by atoms with E-state index in [0.717, 1.165) is 0 Å². The van der Waals surface area contributed by atoms with Crippen molar-refractivity contribution in [3.8, 4) is 0 Å². The summed E-state index contributed by atoms with van der Waals surface area (Å²) in [7, 11) is -10.7. The Balaban J connectivity index is 0.000000325. The molecule has 0 aromatic carbocycles. The van der Waals surface area contributed by atoms with Crippen LogP contribution in [-0.4, -0.2) is 0 Å². The predicted octanol–water partition coefficient (Wildman–Crippen LogP) is 6.46. The summed E-state index contributed by atoms with van der Waals surface area (Å²) in [6.07, 6.45) is 4.63. The third-order valence-corrected chi connectivity index (χ3v) is 1.86. The van der Waals surface area contributed by atoms with Crippen molar-refractivity contribution >= 4 is 7.81 Å². The van der Waals surface area contributed by atoms with Gasteiger partial charge in [0.2, 0.25) is 0 Å². The molecule has 1 aromatic rings. The topological polar surface area (TPSA) is 11.3 Å². The fourth-order valence-electron chi connectivity index (χ4n) is 0.901. The number of rotatable bonds is 2. The molecule has 0 saturated carbocycles. The molecule has 0 spiro atoms. The Morgan fingerprint density at radius 1 is 1.06 bits per heavy atom. The number of halogens is 6. The average Bonchev–Trinajstić information content (AvgIpc) is 2.13. The van der Waals surface area contributed by atoms with Crippen LogP contribution in [0.3, 0.4) is 0 Å². The molecule has 1 aromatic heterocycles. The monoisotopic (exact) mass is 282 g/mol. The van der Waals surface area contributed by atoms with Crippen LogP contribution < -0.4 is 0 Å². The standard InChI is InChI=1S/C9H13O.F6P/c1-3-8(2)9-4-6-10-7-5-9;1-7(2,3,4,5)6/h4-8H,3H2,1-2H3;/q+1;-1. The van der Waals surface area contributed by atoms with Crippen molar-refractivity contribution in [2.75, 3.05) is 0 Å². The second-order valence-electron chi connectivity index (χ2n) is 3.51. The van der Waals surface area contributed by atoms with Crippen LogP contribution in [0.25, 0.3) is 0 Å². The quantitative estimate of drug-likeness (QED) is 0.344. The van der Waals surface area contributed by atoms with Gasteiger partial charge in [-0.25, -0.2) is 4.42 Å². The first kappa shape index (κ1) is 16.2. The Labute approximate surface area is 94.7 Å². The predicted molar refractivity (Wildman–Crippen MR) is 55.4 cm³/mol. The van der Waals surface area contributed by atoms with Gasteiger partial charge in [-0.05, 0) is 17.9 Å². The van der Waals surface area contributed by atoms with Crippen LogP contribution >= 0.6 is 7.81 Å². The van der Waals surface area contributed by atoms with Crippen molar-refractivity contribution in [3.63, 3.8) is 0 Å². The Morgan fingerprint density at radius 3 is 1.71 bits per heavy atom. The van der Waals surface area contributed by atoms with Gasteiger partial charge in [-0.2, -0.15) is 0 Å². The fraction of sp³-hybridized carbons (Fsp3) is 0.444. The van der Waals surface area contributed by atoms with E-state index in [2.05, 4.69) is 13.8 Å². The first-order valence-corrected chi connectivity index (χ1v) is 6.74. The van der Waals surface area contributed by atoms with Crippen molar-refractivity contribution in [3.05, 3.63) is 30.2 Å². The van der Waals surface area contributed by atoms with Crippen molar-refractivity contribution in [2.45, 2.75) is 26.2 Å². The second-order valence-corrected chi connectivity index (χ2v) is 5.43. The zero-order valence-corrected chi connectivity index (χ0v) is 10.1. The van der Waals surface area contributed by atoms with Crippen LogP contribution in [0.4, 0.5) is 25.2 Å².